The normalized spacial score (nSPS) is 12.3. The lowest BCUT2D eigenvalue weighted by molar-refractivity contribution is -0.120. The highest BCUT2D eigenvalue weighted by Gasteiger charge is 2.23. The van der Waals surface area contributed by atoms with E-state index in [1.165, 1.54) is 0 Å². The van der Waals surface area contributed by atoms with Gasteiger partial charge in [-0.1, -0.05) is 29.8 Å². The Balaban J connectivity index is 2.01. The molecule has 0 aliphatic heterocycles. The number of aryl methyl sites for hydroxylation is 3. The number of sulfonamides is 1. The van der Waals surface area contributed by atoms with Gasteiger partial charge in [0, 0.05) is 0 Å². The number of anilines is 1. The molecule has 0 aromatic heterocycles. The van der Waals surface area contributed by atoms with Crippen LogP contribution in [0.15, 0.2) is 42.5 Å². The van der Waals surface area contributed by atoms with Crippen LogP contribution in [-0.4, -0.2) is 39.8 Å². The molecular weight excluding hydrogens is 376 g/mol. The Morgan fingerprint density at radius 3 is 2.29 bits per heavy atom. The van der Waals surface area contributed by atoms with Gasteiger partial charge in [-0.25, -0.2) is 8.42 Å². The highest BCUT2D eigenvalue weighted by atomic mass is 32.2. The predicted octanol–water partition coefficient (Wildman–Crippen LogP) is 2.96. The number of rotatable bonds is 8. The molecule has 0 saturated heterocycles. The average Bonchev–Trinajstić information content (AvgIpc) is 2.60. The molecule has 1 amide bonds. The van der Waals surface area contributed by atoms with Crippen molar-refractivity contribution in [3.8, 4) is 5.75 Å². The van der Waals surface area contributed by atoms with Gasteiger partial charge in [-0.3, -0.25) is 9.10 Å². The number of carbonyl (C=O) groups is 1. The molecule has 6 nitrogen and oxygen atoms in total. The second-order valence-electron chi connectivity index (χ2n) is 7.15. The first-order chi connectivity index (χ1) is 13.1. The molecule has 0 bridgehead atoms. The molecule has 0 saturated carbocycles. The average molecular weight is 405 g/mol. The second-order valence-corrected chi connectivity index (χ2v) is 9.06. The molecule has 2 rings (SSSR count). The third-order valence-electron chi connectivity index (χ3n) is 4.25. The zero-order valence-electron chi connectivity index (χ0n) is 17.0. The Morgan fingerprint density at radius 1 is 1.07 bits per heavy atom. The van der Waals surface area contributed by atoms with Crippen molar-refractivity contribution in [2.75, 3.05) is 23.7 Å². The van der Waals surface area contributed by atoms with Crippen LogP contribution in [0.5, 0.6) is 5.75 Å². The number of ether oxygens (including phenoxy) is 1. The fraction of sp³-hybridized carbons (Fsp3) is 0.381. The molecule has 0 unspecified atom stereocenters. The minimum atomic E-state index is -3.61. The van der Waals surface area contributed by atoms with E-state index in [2.05, 4.69) is 5.32 Å². The minimum Gasteiger partial charge on any atom is -0.491 e. The van der Waals surface area contributed by atoms with Gasteiger partial charge in [-0.05, 0) is 57.0 Å². The molecule has 152 valence electrons. The van der Waals surface area contributed by atoms with E-state index in [9.17, 15) is 13.2 Å². The summed E-state index contributed by atoms with van der Waals surface area (Å²) in [6, 6.07) is 12.9. The fourth-order valence-electron chi connectivity index (χ4n) is 2.72. The van der Waals surface area contributed by atoms with Gasteiger partial charge in [-0.2, -0.15) is 0 Å². The van der Waals surface area contributed by atoms with Crippen LogP contribution in [0.2, 0.25) is 0 Å². The van der Waals surface area contributed by atoms with Crippen LogP contribution in [0, 0.1) is 20.8 Å². The summed E-state index contributed by atoms with van der Waals surface area (Å²) in [4.78, 5) is 12.5. The van der Waals surface area contributed by atoms with Gasteiger partial charge < -0.3 is 10.1 Å². The van der Waals surface area contributed by atoms with Crippen molar-refractivity contribution >= 4 is 21.6 Å². The Hall–Kier alpha value is -2.54. The van der Waals surface area contributed by atoms with Crippen molar-refractivity contribution < 1.29 is 17.9 Å². The van der Waals surface area contributed by atoms with Crippen LogP contribution < -0.4 is 14.4 Å². The Bertz CT molecular complexity index is 924. The largest absolute Gasteiger partial charge is 0.491 e. The number of nitrogens with one attached hydrogen (secondary N) is 1. The van der Waals surface area contributed by atoms with Crippen LogP contribution in [-0.2, 0) is 14.8 Å². The van der Waals surface area contributed by atoms with E-state index in [-0.39, 0.29) is 25.1 Å². The van der Waals surface area contributed by atoms with Crippen molar-refractivity contribution in [3.05, 3.63) is 59.2 Å². The molecule has 28 heavy (non-hydrogen) atoms. The summed E-state index contributed by atoms with van der Waals surface area (Å²) in [5.41, 5.74) is 3.37. The van der Waals surface area contributed by atoms with E-state index in [1.54, 1.807) is 6.07 Å². The van der Waals surface area contributed by atoms with Gasteiger partial charge in [-0.15, -0.1) is 0 Å². The van der Waals surface area contributed by atoms with Crippen LogP contribution in [0.25, 0.3) is 0 Å². The van der Waals surface area contributed by atoms with Crippen molar-refractivity contribution in [1.29, 1.82) is 0 Å². The van der Waals surface area contributed by atoms with E-state index in [0.29, 0.717) is 5.69 Å². The molecule has 2 aromatic rings. The first-order valence-corrected chi connectivity index (χ1v) is 10.9. The number of carbonyl (C=O) groups excluding carboxylic acids is 1. The molecule has 0 aliphatic carbocycles. The summed E-state index contributed by atoms with van der Waals surface area (Å²) < 4.78 is 31.4. The highest BCUT2D eigenvalue weighted by Crippen LogP contribution is 2.23. The van der Waals surface area contributed by atoms with Crippen LogP contribution >= 0.6 is 0 Å². The summed E-state index contributed by atoms with van der Waals surface area (Å²) >= 11 is 0. The predicted molar refractivity (Wildman–Crippen MR) is 112 cm³/mol. The maximum Gasteiger partial charge on any atom is 0.241 e. The van der Waals surface area contributed by atoms with Crippen molar-refractivity contribution in [2.45, 2.75) is 33.7 Å². The lowest BCUT2D eigenvalue weighted by Gasteiger charge is -2.25. The van der Waals surface area contributed by atoms with E-state index < -0.39 is 10.0 Å². The zero-order chi connectivity index (χ0) is 20.9. The van der Waals surface area contributed by atoms with Crippen LogP contribution in [0.4, 0.5) is 5.69 Å². The van der Waals surface area contributed by atoms with Crippen molar-refractivity contribution in [3.63, 3.8) is 0 Å². The number of nitrogens with zero attached hydrogens (tertiary/aromatic N) is 1. The monoisotopic (exact) mass is 404 g/mol. The third kappa shape index (κ3) is 6.27. The third-order valence-corrected chi connectivity index (χ3v) is 5.38. The molecule has 7 heteroatoms. The van der Waals surface area contributed by atoms with Gasteiger partial charge in [0.25, 0.3) is 0 Å². The lowest BCUT2D eigenvalue weighted by atomic mass is 10.1. The number of hydrogen-bond donors (Lipinski definition) is 1. The van der Waals surface area contributed by atoms with E-state index >= 15 is 0 Å². The molecule has 0 fully saturated rings. The van der Waals surface area contributed by atoms with E-state index in [4.69, 9.17) is 4.74 Å². The first kappa shape index (κ1) is 21.8. The first-order valence-electron chi connectivity index (χ1n) is 9.10. The molecule has 0 heterocycles. The molecule has 1 N–H and O–H groups in total. The van der Waals surface area contributed by atoms with Gasteiger partial charge in [0.1, 0.15) is 18.9 Å². The van der Waals surface area contributed by atoms with Crippen molar-refractivity contribution in [1.82, 2.24) is 5.32 Å². The molecule has 0 aliphatic rings. The molecular formula is C21H28N2O4S. The summed E-state index contributed by atoms with van der Waals surface area (Å²) in [6.45, 7) is 7.52. The zero-order valence-corrected chi connectivity index (χ0v) is 17.8. The number of amides is 1. The van der Waals surface area contributed by atoms with E-state index in [0.717, 1.165) is 33.0 Å². The van der Waals surface area contributed by atoms with Crippen molar-refractivity contribution in [2.24, 2.45) is 0 Å². The van der Waals surface area contributed by atoms with Crippen LogP contribution in [0.1, 0.15) is 23.6 Å². The summed E-state index contributed by atoms with van der Waals surface area (Å²) in [5.74, 6) is 0.339. The Kier molecular flexibility index (Phi) is 7.07. The van der Waals surface area contributed by atoms with Gasteiger partial charge in [0.2, 0.25) is 15.9 Å². The maximum atomic E-state index is 12.5. The topological polar surface area (TPSA) is 75.7 Å². The standard InChI is InChI=1S/C21H28N2O4S/c1-15-7-10-19(11-8-15)27-14-18(4)22-21(24)13-23(28(5,25)26)20-12-16(2)6-9-17(20)3/h6-12,18H,13-14H2,1-5H3,(H,22,24)/t18-/m1/s1. The summed E-state index contributed by atoms with van der Waals surface area (Å²) in [6.07, 6.45) is 1.10. The second kappa shape index (κ2) is 9.10. The SMILES string of the molecule is Cc1ccc(OC[C@@H](C)NC(=O)CN(c2cc(C)ccc2C)S(C)(=O)=O)cc1. The molecule has 2 aromatic carbocycles. The smallest absolute Gasteiger partial charge is 0.241 e. The summed E-state index contributed by atoms with van der Waals surface area (Å²) in [5, 5.41) is 2.80. The summed E-state index contributed by atoms with van der Waals surface area (Å²) in [7, 11) is -3.61. The number of benzene rings is 2. The lowest BCUT2D eigenvalue weighted by Crippen LogP contribution is -2.45. The number of hydrogen-bond acceptors (Lipinski definition) is 4. The quantitative estimate of drug-likeness (QED) is 0.734. The minimum absolute atomic E-state index is 0.270. The van der Waals surface area contributed by atoms with E-state index in [1.807, 2.05) is 64.1 Å². The van der Waals surface area contributed by atoms with Crippen LogP contribution in [0.3, 0.4) is 0 Å². The van der Waals surface area contributed by atoms with Gasteiger partial charge in [0.05, 0.1) is 18.0 Å². The Morgan fingerprint density at radius 2 is 1.68 bits per heavy atom. The van der Waals surface area contributed by atoms with Gasteiger partial charge in [0.15, 0.2) is 0 Å². The maximum absolute atomic E-state index is 12.5. The fourth-order valence-corrected chi connectivity index (χ4v) is 3.62. The van der Waals surface area contributed by atoms with Gasteiger partial charge >= 0.3 is 0 Å². The molecule has 0 spiro atoms. The molecule has 0 radical (unpaired) electrons. The molecule has 1 atom stereocenters. The highest BCUT2D eigenvalue weighted by molar-refractivity contribution is 7.92. The Labute approximate surface area is 167 Å².